The number of nitrogen functional groups attached to an aromatic ring is 1. The highest BCUT2D eigenvalue weighted by molar-refractivity contribution is 9.11. The Labute approximate surface area is 221 Å². The van der Waals surface area contributed by atoms with Crippen LogP contribution in [-0.2, 0) is 0 Å². The molecule has 0 saturated carbocycles. The second kappa shape index (κ2) is 12.3. The van der Waals surface area contributed by atoms with E-state index in [0.717, 1.165) is 68.2 Å². The summed E-state index contributed by atoms with van der Waals surface area (Å²) in [5.41, 5.74) is 8.66. The predicted molar refractivity (Wildman–Crippen MR) is 153 cm³/mol. The number of fused-ring (bicyclic) bond motifs is 1. The minimum absolute atomic E-state index is 0.284. The first kappa shape index (κ1) is 26.1. The molecule has 3 rings (SSSR count). The fourth-order valence-corrected chi connectivity index (χ4v) is 6.21. The van der Waals surface area contributed by atoms with Gasteiger partial charge in [0.25, 0.3) is 0 Å². The highest BCUT2D eigenvalue weighted by Crippen LogP contribution is 2.31. The first-order valence-electron chi connectivity index (χ1n) is 11.2. The summed E-state index contributed by atoms with van der Waals surface area (Å²) in [6.45, 7) is 9.92. The van der Waals surface area contributed by atoms with Gasteiger partial charge in [0.2, 0.25) is 0 Å². The zero-order chi connectivity index (χ0) is 24.0. The lowest BCUT2D eigenvalue weighted by Crippen LogP contribution is -2.25. The lowest BCUT2D eigenvalue weighted by molar-refractivity contribution is 0.295. The summed E-state index contributed by atoms with van der Waals surface area (Å²) in [6, 6.07) is 10.1. The maximum absolute atomic E-state index is 6.07. The van der Waals surface area contributed by atoms with Crippen molar-refractivity contribution >= 4 is 82.4 Å². The van der Waals surface area contributed by atoms with Crippen molar-refractivity contribution in [2.75, 3.05) is 30.7 Å². The minimum atomic E-state index is 0.284. The smallest absolute Gasteiger partial charge is 0.154 e. The Morgan fingerprint density at radius 1 is 1.03 bits per heavy atom. The van der Waals surface area contributed by atoms with E-state index in [1.54, 1.807) is 0 Å². The highest BCUT2D eigenvalue weighted by Gasteiger charge is 2.11. The van der Waals surface area contributed by atoms with Crippen molar-refractivity contribution in [3.8, 4) is 0 Å². The van der Waals surface area contributed by atoms with Crippen LogP contribution in [0, 0.1) is 0 Å². The maximum atomic E-state index is 6.07. The second-order valence-electron chi connectivity index (χ2n) is 8.04. The van der Waals surface area contributed by atoms with Crippen molar-refractivity contribution in [2.45, 2.75) is 39.7 Å². The molecule has 3 N–H and O–H groups in total. The number of anilines is 2. The fraction of sp³-hybridized carbons (Fsp3) is 0.360. The van der Waals surface area contributed by atoms with E-state index in [0.29, 0.717) is 11.5 Å². The van der Waals surface area contributed by atoms with Gasteiger partial charge in [0.15, 0.2) is 5.82 Å². The zero-order valence-corrected chi connectivity index (χ0v) is 24.0. The van der Waals surface area contributed by atoms with Crippen molar-refractivity contribution < 1.29 is 0 Å². The molecule has 0 amide bonds. The van der Waals surface area contributed by atoms with Crippen LogP contribution in [0.25, 0.3) is 23.1 Å². The number of benzene rings is 2. The normalized spacial score (nSPS) is 12.7. The molecule has 1 atom stereocenters. The Hall–Kier alpha value is -1.48. The molecule has 176 valence electrons. The number of nitrogens with zero attached hydrogens (tertiary/aromatic N) is 3. The summed E-state index contributed by atoms with van der Waals surface area (Å²) in [7, 11) is 0. The SMILES string of the molecule is CCN(CC)CCCC(C)Nc1nc(/C=C\c2c(Br)cc(Br)cc2Br)nc2ccc(N)cc12. The number of nitrogens with one attached hydrogen (secondary N) is 1. The van der Waals surface area contributed by atoms with Gasteiger partial charge < -0.3 is 16.0 Å². The minimum Gasteiger partial charge on any atom is -0.399 e. The Morgan fingerprint density at radius 3 is 2.39 bits per heavy atom. The molecule has 0 saturated heterocycles. The molecule has 0 fully saturated rings. The molecule has 33 heavy (non-hydrogen) atoms. The van der Waals surface area contributed by atoms with E-state index in [2.05, 4.69) is 78.8 Å². The number of hydrogen-bond acceptors (Lipinski definition) is 5. The number of aromatic nitrogens is 2. The van der Waals surface area contributed by atoms with Crippen molar-refractivity contribution in [3.63, 3.8) is 0 Å². The summed E-state index contributed by atoms with van der Waals surface area (Å²) < 4.78 is 2.96. The zero-order valence-electron chi connectivity index (χ0n) is 19.2. The Bertz CT molecular complexity index is 1110. The van der Waals surface area contributed by atoms with Crippen LogP contribution >= 0.6 is 47.8 Å². The molecule has 0 spiro atoms. The van der Waals surface area contributed by atoms with Gasteiger partial charge in [-0.15, -0.1) is 0 Å². The molecule has 0 aliphatic heterocycles. The molecule has 3 aromatic rings. The van der Waals surface area contributed by atoms with E-state index in [9.17, 15) is 0 Å². The third-order valence-electron chi connectivity index (χ3n) is 5.57. The molecule has 1 heterocycles. The number of rotatable bonds is 10. The van der Waals surface area contributed by atoms with Gasteiger partial charge in [-0.25, -0.2) is 9.97 Å². The average molecular weight is 640 g/mol. The highest BCUT2D eigenvalue weighted by atomic mass is 79.9. The average Bonchev–Trinajstić information content (AvgIpc) is 2.76. The van der Waals surface area contributed by atoms with Gasteiger partial charge in [0.05, 0.1) is 5.52 Å². The monoisotopic (exact) mass is 637 g/mol. The summed E-state index contributed by atoms with van der Waals surface area (Å²) in [6.07, 6.45) is 6.15. The van der Waals surface area contributed by atoms with Crippen LogP contribution in [0.5, 0.6) is 0 Å². The van der Waals surface area contributed by atoms with Gasteiger partial charge in [-0.1, -0.05) is 61.6 Å². The van der Waals surface area contributed by atoms with Gasteiger partial charge in [-0.3, -0.25) is 0 Å². The largest absolute Gasteiger partial charge is 0.399 e. The molecule has 0 bridgehead atoms. The molecule has 0 radical (unpaired) electrons. The van der Waals surface area contributed by atoms with Crippen LogP contribution in [0.4, 0.5) is 11.5 Å². The number of nitrogens with two attached hydrogens (primary N) is 1. The van der Waals surface area contributed by atoms with E-state index in [1.165, 1.54) is 0 Å². The van der Waals surface area contributed by atoms with Gasteiger partial charge in [0, 0.05) is 36.1 Å². The van der Waals surface area contributed by atoms with Gasteiger partial charge in [-0.05, 0) is 81.9 Å². The Morgan fingerprint density at radius 2 is 1.73 bits per heavy atom. The van der Waals surface area contributed by atoms with Crippen LogP contribution in [0.3, 0.4) is 0 Å². The molecular weight excluding hydrogens is 610 g/mol. The van der Waals surface area contributed by atoms with Crippen LogP contribution in [-0.4, -0.2) is 40.5 Å². The standard InChI is InChI=1S/C25H30Br3N5/c1-4-33(5-2)12-6-7-16(3)30-25-20-15-18(29)8-10-23(20)31-24(32-25)11-9-19-21(27)13-17(26)14-22(19)28/h8-11,13-16H,4-7,12,29H2,1-3H3,(H,30,31,32)/b11-9-. The molecule has 1 unspecified atom stereocenters. The van der Waals surface area contributed by atoms with Crippen molar-refractivity contribution in [1.82, 2.24) is 14.9 Å². The summed E-state index contributed by atoms with van der Waals surface area (Å²) in [5, 5.41) is 4.55. The molecule has 2 aromatic carbocycles. The van der Waals surface area contributed by atoms with Gasteiger partial charge >= 0.3 is 0 Å². The van der Waals surface area contributed by atoms with Crippen LogP contribution < -0.4 is 11.1 Å². The molecule has 1 aromatic heterocycles. The topological polar surface area (TPSA) is 67.1 Å². The van der Waals surface area contributed by atoms with Crippen molar-refractivity contribution in [3.05, 3.63) is 55.1 Å². The molecule has 5 nitrogen and oxygen atoms in total. The Kier molecular flexibility index (Phi) is 9.73. The number of hydrogen-bond donors (Lipinski definition) is 2. The number of halogens is 3. The quantitative estimate of drug-likeness (QED) is 0.224. The Balaban J connectivity index is 1.86. The lowest BCUT2D eigenvalue weighted by atomic mass is 10.1. The van der Waals surface area contributed by atoms with Crippen molar-refractivity contribution in [1.29, 1.82) is 0 Å². The van der Waals surface area contributed by atoms with E-state index >= 15 is 0 Å². The summed E-state index contributed by atoms with van der Waals surface area (Å²) in [5.74, 6) is 1.46. The second-order valence-corrected chi connectivity index (χ2v) is 10.7. The maximum Gasteiger partial charge on any atom is 0.154 e. The summed E-state index contributed by atoms with van der Waals surface area (Å²) in [4.78, 5) is 12.0. The summed E-state index contributed by atoms with van der Waals surface area (Å²) >= 11 is 10.8. The molecule has 0 aliphatic rings. The third kappa shape index (κ3) is 7.25. The first-order valence-corrected chi connectivity index (χ1v) is 13.6. The van der Waals surface area contributed by atoms with Crippen LogP contribution in [0.15, 0.2) is 43.7 Å². The van der Waals surface area contributed by atoms with E-state index < -0.39 is 0 Å². The fourth-order valence-electron chi connectivity index (χ4n) is 3.69. The molecular formula is C25H30Br3N5. The molecule has 0 aliphatic carbocycles. The lowest BCUT2D eigenvalue weighted by Gasteiger charge is -2.20. The van der Waals surface area contributed by atoms with E-state index in [4.69, 9.17) is 15.7 Å². The molecule has 8 heteroatoms. The van der Waals surface area contributed by atoms with Gasteiger partial charge in [-0.2, -0.15) is 0 Å². The van der Waals surface area contributed by atoms with Crippen LogP contribution in [0.1, 0.15) is 45.0 Å². The van der Waals surface area contributed by atoms with Crippen molar-refractivity contribution in [2.24, 2.45) is 0 Å². The third-order valence-corrected chi connectivity index (χ3v) is 7.34. The van der Waals surface area contributed by atoms with Gasteiger partial charge in [0.1, 0.15) is 5.82 Å². The first-order chi connectivity index (χ1) is 15.8. The van der Waals surface area contributed by atoms with E-state index in [1.807, 2.05) is 42.5 Å². The van der Waals surface area contributed by atoms with E-state index in [-0.39, 0.29) is 6.04 Å². The predicted octanol–water partition coefficient (Wildman–Crippen LogP) is 7.59. The van der Waals surface area contributed by atoms with Crippen LogP contribution in [0.2, 0.25) is 0 Å².